The van der Waals surface area contributed by atoms with Gasteiger partial charge in [0.2, 0.25) is 0 Å². The third-order valence-electron chi connectivity index (χ3n) is 4.05. The van der Waals surface area contributed by atoms with Crippen LogP contribution in [0, 0.1) is 5.92 Å². The van der Waals surface area contributed by atoms with Gasteiger partial charge in [0.1, 0.15) is 5.82 Å². The van der Waals surface area contributed by atoms with E-state index in [0.29, 0.717) is 5.92 Å². The second-order valence-corrected chi connectivity index (χ2v) is 6.49. The SMILES string of the molecule is CC(Cl)c1nc2cccc(Cl)c2n1CC1CCOC1C. The zero-order valence-corrected chi connectivity index (χ0v) is 13.2. The minimum Gasteiger partial charge on any atom is -0.378 e. The number of fused-ring (bicyclic) bond motifs is 1. The Kier molecular flexibility index (Phi) is 3.93. The first kappa shape index (κ1) is 14.2. The maximum absolute atomic E-state index is 6.37. The van der Waals surface area contributed by atoms with E-state index in [0.717, 1.165) is 41.5 Å². The monoisotopic (exact) mass is 312 g/mol. The van der Waals surface area contributed by atoms with Gasteiger partial charge in [-0.3, -0.25) is 0 Å². The summed E-state index contributed by atoms with van der Waals surface area (Å²) < 4.78 is 7.83. The van der Waals surface area contributed by atoms with Crippen LogP contribution in [0.2, 0.25) is 5.02 Å². The Bertz CT molecular complexity index is 624. The number of alkyl halides is 1. The van der Waals surface area contributed by atoms with Gasteiger partial charge in [-0.05, 0) is 32.4 Å². The van der Waals surface area contributed by atoms with Crippen molar-refractivity contribution in [2.75, 3.05) is 6.61 Å². The lowest BCUT2D eigenvalue weighted by atomic mass is 10.0. The van der Waals surface area contributed by atoms with E-state index in [4.69, 9.17) is 27.9 Å². The number of ether oxygens (including phenoxy) is 1. The van der Waals surface area contributed by atoms with Gasteiger partial charge in [-0.1, -0.05) is 17.7 Å². The van der Waals surface area contributed by atoms with Crippen LogP contribution in [-0.2, 0) is 11.3 Å². The zero-order valence-electron chi connectivity index (χ0n) is 11.6. The lowest BCUT2D eigenvalue weighted by molar-refractivity contribution is 0.102. The molecule has 0 saturated carbocycles. The van der Waals surface area contributed by atoms with Crippen LogP contribution >= 0.6 is 23.2 Å². The summed E-state index contributed by atoms with van der Waals surface area (Å²) >= 11 is 12.7. The molecule has 0 amide bonds. The van der Waals surface area contributed by atoms with Crippen molar-refractivity contribution >= 4 is 34.2 Å². The molecule has 1 fully saturated rings. The van der Waals surface area contributed by atoms with E-state index in [1.807, 2.05) is 25.1 Å². The second-order valence-electron chi connectivity index (χ2n) is 5.43. The average molecular weight is 313 g/mol. The molecule has 1 aromatic heterocycles. The summed E-state index contributed by atoms with van der Waals surface area (Å²) in [7, 11) is 0. The van der Waals surface area contributed by atoms with Crippen molar-refractivity contribution in [3.05, 3.63) is 29.0 Å². The van der Waals surface area contributed by atoms with Crippen LogP contribution in [0.3, 0.4) is 0 Å². The molecule has 0 radical (unpaired) electrons. The molecule has 20 heavy (non-hydrogen) atoms. The Morgan fingerprint density at radius 1 is 1.50 bits per heavy atom. The Balaban J connectivity index is 2.08. The Hall–Kier alpha value is -0.770. The van der Waals surface area contributed by atoms with E-state index >= 15 is 0 Å². The number of nitrogens with zero attached hydrogens (tertiary/aromatic N) is 2. The predicted molar refractivity (Wildman–Crippen MR) is 82.5 cm³/mol. The lowest BCUT2D eigenvalue weighted by Gasteiger charge is -2.18. The summed E-state index contributed by atoms with van der Waals surface area (Å²) in [6.07, 6.45) is 1.34. The molecular weight excluding hydrogens is 295 g/mol. The number of hydrogen-bond acceptors (Lipinski definition) is 2. The molecule has 3 atom stereocenters. The van der Waals surface area contributed by atoms with Gasteiger partial charge in [-0.15, -0.1) is 11.6 Å². The highest BCUT2D eigenvalue weighted by atomic mass is 35.5. The molecule has 0 N–H and O–H groups in total. The molecule has 1 aliphatic heterocycles. The number of halogens is 2. The molecule has 1 aliphatic rings. The van der Waals surface area contributed by atoms with Crippen LogP contribution in [0.4, 0.5) is 0 Å². The zero-order chi connectivity index (χ0) is 14.3. The van der Waals surface area contributed by atoms with Crippen LogP contribution in [0.1, 0.15) is 31.5 Å². The first-order valence-corrected chi connectivity index (χ1v) is 7.79. The van der Waals surface area contributed by atoms with E-state index in [2.05, 4.69) is 16.5 Å². The summed E-state index contributed by atoms with van der Waals surface area (Å²) in [6, 6.07) is 5.81. The van der Waals surface area contributed by atoms with Crippen molar-refractivity contribution in [3.63, 3.8) is 0 Å². The molecule has 2 heterocycles. The molecule has 2 aromatic rings. The van der Waals surface area contributed by atoms with Crippen molar-refractivity contribution < 1.29 is 4.74 Å². The van der Waals surface area contributed by atoms with Gasteiger partial charge in [0, 0.05) is 19.1 Å². The van der Waals surface area contributed by atoms with Crippen LogP contribution in [0.5, 0.6) is 0 Å². The topological polar surface area (TPSA) is 27.1 Å². The first-order chi connectivity index (χ1) is 9.58. The van der Waals surface area contributed by atoms with Gasteiger partial charge < -0.3 is 9.30 Å². The highest BCUT2D eigenvalue weighted by Crippen LogP contribution is 2.32. The van der Waals surface area contributed by atoms with E-state index < -0.39 is 0 Å². The fraction of sp³-hybridized carbons (Fsp3) is 0.533. The summed E-state index contributed by atoms with van der Waals surface area (Å²) in [5.74, 6) is 1.37. The van der Waals surface area contributed by atoms with Gasteiger partial charge >= 0.3 is 0 Å². The largest absolute Gasteiger partial charge is 0.378 e. The maximum Gasteiger partial charge on any atom is 0.127 e. The van der Waals surface area contributed by atoms with Gasteiger partial charge in [0.25, 0.3) is 0 Å². The van der Waals surface area contributed by atoms with Crippen LogP contribution in [0.15, 0.2) is 18.2 Å². The third kappa shape index (κ3) is 2.43. The molecule has 1 aromatic carbocycles. The Morgan fingerprint density at radius 3 is 2.95 bits per heavy atom. The first-order valence-electron chi connectivity index (χ1n) is 6.98. The molecular formula is C15H18Cl2N2O. The minimum atomic E-state index is -0.143. The van der Waals surface area contributed by atoms with Gasteiger partial charge in [-0.2, -0.15) is 0 Å². The maximum atomic E-state index is 6.37. The summed E-state index contributed by atoms with van der Waals surface area (Å²) in [5, 5.41) is 0.584. The van der Waals surface area contributed by atoms with Crippen LogP contribution in [-0.4, -0.2) is 22.3 Å². The fourth-order valence-corrected chi connectivity index (χ4v) is 3.34. The Morgan fingerprint density at radius 2 is 2.30 bits per heavy atom. The van der Waals surface area contributed by atoms with Crippen LogP contribution in [0.25, 0.3) is 11.0 Å². The van der Waals surface area contributed by atoms with Crippen molar-refractivity contribution in [1.29, 1.82) is 0 Å². The van der Waals surface area contributed by atoms with Crippen molar-refractivity contribution in [3.8, 4) is 0 Å². The van der Waals surface area contributed by atoms with E-state index in [9.17, 15) is 0 Å². The van der Waals surface area contributed by atoms with E-state index in [1.54, 1.807) is 0 Å². The number of aromatic nitrogens is 2. The third-order valence-corrected chi connectivity index (χ3v) is 4.55. The summed E-state index contributed by atoms with van der Waals surface area (Å²) in [4.78, 5) is 4.65. The average Bonchev–Trinajstić information content (AvgIpc) is 2.96. The normalized spacial score (nSPS) is 24.4. The molecule has 108 valence electrons. The second kappa shape index (κ2) is 5.55. The summed E-state index contributed by atoms with van der Waals surface area (Å²) in [6.45, 7) is 5.76. The number of hydrogen-bond donors (Lipinski definition) is 0. The lowest BCUT2D eigenvalue weighted by Crippen LogP contribution is -2.19. The molecule has 0 spiro atoms. The van der Waals surface area contributed by atoms with Crippen molar-refractivity contribution in [2.24, 2.45) is 5.92 Å². The standard InChI is InChI=1S/C15H18Cl2N2O/c1-9(16)15-18-13-5-3-4-12(17)14(13)19(15)8-11-6-7-20-10(11)2/h3-5,9-11H,6-8H2,1-2H3. The highest BCUT2D eigenvalue weighted by Gasteiger charge is 2.27. The fourth-order valence-electron chi connectivity index (χ4n) is 2.90. The molecule has 3 rings (SSSR count). The number of imidazole rings is 1. The summed E-state index contributed by atoms with van der Waals surface area (Å²) in [5.41, 5.74) is 1.89. The van der Waals surface area contributed by atoms with Gasteiger partial charge in [0.05, 0.1) is 27.5 Å². The molecule has 5 heteroatoms. The number of rotatable bonds is 3. The molecule has 3 unspecified atom stereocenters. The quantitative estimate of drug-likeness (QED) is 0.785. The minimum absolute atomic E-state index is 0.143. The molecule has 0 aliphatic carbocycles. The van der Waals surface area contributed by atoms with Crippen LogP contribution < -0.4 is 0 Å². The number of benzene rings is 1. The number of para-hydroxylation sites is 1. The van der Waals surface area contributed by atoms with Crippen molar-refractivity contribution in [1.82, 2.24) is 9.55 Å². The molecule has 3 nitrogen and oxygen atoms in total. The van der Waals surface area contributed by atoms with E-state index in [-0.39, 0.29) is 11.5 Å². The van der Waals surface area contributed by atoms with Crippen molar-refractivity contribution in [2.45, 2.75) is 38.3 Å². The van der Waals surface area contributed by atoms with Gasteiger partial charge in [0.15, 0.2) is 0 Å². The highest BCUT2D eigenvalue weighted by molar-refractivity contribution is 6.35. The predicted octanol–water partition coefficient (Wildman–Crippen LogP) is 4.41. The molecule has 1 saturated heterocycles. The Labute approximate surface area is 128 Å². The smallest absolute Gasteiger partial charge is 0.127 e. The van der Waals surface area contributed by atoms with E-state index in [1.165, 1.54) is 0 Å². The molecule has 0 bridgehead atoms. The van der Waals surface area contributed by atoms with Gasteiger partial charge in [-0.25, -0.2) is 4.98 Å².